The summed E-state index contributed by atoms with van der Waals surface area (Å²) in [6.45, 7) is 8.51. The van der Waals surface area contributed by atoms with Crippen molar-refractivity contribution in [3.8, 4) is 11.5 Å². The molecule has 0 aromatic carbocycles. The molecule has 2 nitrogen and oxygen atoms in total. The Morgan fingerprint density at radius 1 is 1.47 bits per heavy atom. The van der Waals surface area contributed by atoms with Crippen LogP contribution >= 0.6 is 0 Å². The molecule has 0 fully saturated rings. The number of hydrogen-bond acceptors (Lipinski definition) is 2. The van der Waals surface area contributed by atoms with Crippen molar-refractivity contribution < 1.29 is 9.53 Å². The van der Waals surface area contributed by atoms with E-state index in [4.69, 9.17) is 4.74 Å². The smallest absolute Gasteiger partial charge is 0.192 e. The minimum Gasteiger partial charge on any atom is -0.350 e. The molecule has 2 bridgehead atoms. The van der Waals surface area contributed by atoms with Crippen LogP contribution in [0.2, 0.25) is 19.6 Å². The van der Waals surface area contributed by atoms with Crippen LogP contribution in [0.3, 0.4) is 0 Å². The van der Waals surface area contributed by atoms with E-state index in [1.807, 2.05) is 19.1 Å². The van der Waals surface area contributed by atoms with Crippen molar-refractivity contribution in [3.63, 3.8) is 0 Å². The highest BCUT2D eigenvalue weighted by molar-refractivity contribution is 6.83. The van der Waals surface area contributed by atoms with E-state index >= 15 is 0 Å². The third-order valence-corrected chi connectivity index (χ3v) is 3.84. The van der Waals surface area contributed by atoms with Crippen LogP contribution in [0.4, 0.5) is 0 Å². The quantitative estimate of drug-likeness (QED) is 0.404. The largest absolute Gasteiger partial charge is 0.350 e. The first-order chi connectivity index (χ1) is 7.82. The van der Waals surface area contributed by atoms with E-state index in [-0.39, 0.29) is 11.9 Å². The van der Waals surface area contributed by atoms with Crippen LogP contribution in [0.5, 0.6) is 0 Å². The molecule has 2 rings (SSSR count). The maximum Gasteiger partial charge on any atom is 0.192 e. The van der Waals surface area contributed by atoms with E-state index in [9.17, 15) is 4.79 Å². The summed E-state index contributed by atoms with van der Waals surface area (Å²) in [6.07, 6.45) is 6.00. The van der Waals surface area contributed by atoms with Gasteiger partial charge in [0, 0.05) is 6.42 Å². The average Bonchev–Trinajstić information content (AvgIpc) is 2.56. The molecule has 0 amide bonds. The lowest BCUT2D eigenvalue weighted by Gasteiger charge is -2.29. The Labute approximate surface area is 104 Å². The highest BCUT2D eigenvalue weighted by Crippen LogP contribution is 2.35. The van der Waals surface area contributed by atoms with Crippen molar-refractivity contribution >= 4 is 13.9 Å². The van der Waals surface area contributed by atoms with Gasteiger partial charge < -0.3 is 4.74 Å². The molecule has 0 spiro atoms. The zero-order valence-corrected chi connectivity index (χ0v) is 11.8. The number of carbonyl (C=O) groups excluding carboxylic acids is 1. The molecular formula is C14H18O2Si. The second kappa shape index (κ2) is 3.97. The molecule has 0 saturated heterocycles. The molecule has 0 N–H and O–H groups in total. The van der Waals surface area contributed by atoms with Gasteiger partial charge in [-0.2, -0.15) is 0 Å². The summed E-state index contributed by atoms with van der Waals surface area (Å²) in [4.78, 5) is 12.0. The first-order valence-electron chi connectivity index (χ1n) is 5.92. The fourth-order valence-electron chi connectivity index (χ4n) is 1.97. The fourth-order valence-corrected chi connectivity index (χ4v) is 2.59. The van der Waals surface area contributed by atoms with Gasteiger partial charge in [0.25, 0.3) is 0 Å². The van der Waals surface area contributed by atoms with Crippen molar-refractivity contribution in [1.82, 2.24) is 0 Å². The van der Waals surface area contributed by atoms with E-state index in [0.29, 0.717) is 6.42 Å². The SMILES string of the molecule is CC1=CC(=O)C2(CC#C[Si](C)(C)C)C=CC1O2. The van der Waals surface area contributed by atoms with E-state index < -0.39 is 13.7 Å². The number of ether oxygens (including phenoxy) is 1. The van der Waals surface area contributed by atoms with E-state index in [1.165, 1.54) is 0 Å². The number of carbonyl (C=O) groups is 1. The number of rotatable bonds is 1. The molecule has 0 aromatic heterocycles. The van der Waals surface area contributed by atoms with Gasteiger partial charge >= 0.3 is 0 Å². The normalized spacial score (nSPS) is 30.9. The highest BCUT2D eigenvalue weighted by atomic mass is 28.3. The van der Waals surface area contributed by atoms with Crippen LogP contribution in [0.1, 0.15) is 13.3 Å². The summed E-state index contributed by atoms with van der Waals surface area (Å²) >= 11 is 0. The lowest BCUT2D eigenvalue weighted by Crippen LogP contribution is -2.41. The van der Waals surface area contributed by atoms with Gasteiger partial charge in [0.15, 0.2) is 11.4 Å². The van der Waals surface area contributed by atoms with Crippen molar-refractivity contribution in [2.24, 2.45) is 0 Å². The highest BCUT2D eigenvalue weighted by Gasteiger charge is 2.44. The molecule has 0 radical (unpaired) electrons. The van der Waals surface area contributed by atoms with Crippen LogP contribution in [0, 0.1) is 11.5 Å². The van der Waals surface area contributed by atoms with Gasteiger partial charge in [0.2, 0.25) is 0 Å². The van der Waals surface area contributed by atoms with Crippen LogP contribution in [0.15, 0.2) is 23.8 Å². The van der Waals surface area contributed by atoms with Crippen molar-refractivity contribution in [1.29, 1.82) is 0 Å². The Kier molecular flexibility index (Phi) is 2.88. The standard InChI is InChI=1S/C14H18O2Si/c1-11-10-13(15)14(8-6-12(11)16-14)7-5-9-17(2,3)4/h6,8,10,12H,7H2,1-4H3. The van der Waals surface area contributed by atoms with Crippen LogP contribution in [0.25, 0.3) is 0 Å². The first-order valence-corrected chi connectivity index (χ1v) is 9.42. The zero-order valence-electron chi connectivity index (χ0n) is 10.8. The summed E-state index contributed by atoms with van der Waals surface area (Å²) in [5, 5.41) is 0. The van der Waals surface area contributed by atoms with Crippen molar-refractivity contribution in [3.05, 3.63) is 23.8 Å². The lowest BCUT2D eigenvalue weighted by molar-refractivity contribution is -0.135. The minimum atomic E-state index is -1.38. The molecule has 0 aromatic rings. The molecule has 2 heterocycles. The van der Waals surface area contributed by atoms with Gasteiger partial charge in [-0.3, -0.25) is 4.79 Å². The maximum atomic E-state index is 12.0. The van der Waals surface area contributed by atoms with Gasteiger partial charge in [-0.15, -0.1) is 11.5 Å². The molecular weight excluding hydrogens is 228 g/mol. The van der Waals surface area contributed by atoms with E-state index in [1.54, 1.807) is 6.08 Å². The van der Waals surface area contributed by atoms with Crippen molar-refractivity contribution in [2.75, 3.05) is 0 Å². The Bertz CT molecular complexity index is 471. The summed E-state index contributed by atoms with van der Waals surface area (Å²) in [6, 6.07) is 0. The van der Waals surface area contributed by atoms with Gasteiger partial charge in [0.1, 0.15) is 8.07 Å². The summed E-state index contributed by atoms with van der Waals surface area (Å²) in [5.41, 5.74) is 3.47. The predicted molar refractivity (Wildman–Crippen MR) is 71.2 cm³/mol. The molecule has 3 heteroatoms. The van der Waals surface area contributed by atoms with Gasteiger partial charge in [-0.1, -0.05) is 25.7 Å². The van der Waals surface area contributed by atoms with E-state index in [0.717, 1.165) is 5.57 Å². The summed E-state index contributed by atoms with van der Waals surface area (Å²) in [5.74, 6) is 3.18. The van der Waals surface area contributed by atoms with Crippen LogP contribution in [-0.2, 0) is 9.53 Å². The monoisotopic (exact) mass is 246 g/mol. The van der Waals surface area contributed by atoms with Gasteiger partial charge in [-0.25, -0.2) is 0 Å². The summed E-state index contributed by atoms with van der Waals surface area (Å²) < 4.78 is 5.81. The number of hydrogen-bond donors (Lipinski definition) is 0. The van der Waals surface area contributed by atoms with Crippen molar-refractivity contribution in [2.45, 2.75) is 44.7 Å². The van der Waals surface area contributed by atoms with Crippen LogP contribution in [-0.4, -0.2) is 25.6 Å². The second-order valence-electron chi connectivity index (χ2n) is 5.77. The molecule has 0 saturated carbocycles. The van der Waals surface area contributed by atoms with Crippen LogP contribution < -0.4 is 0 Å². The molecule has 90 valence electrons. The molecule has 2 atom stereocenters. The Morgan fingerprint density at radius 3 is 2.82 bits per heavy atom. The Morgan fingerprint density at radius 2 is 2.18 bits per heavy atom. The molecule has 2 aliphatic rings. The van der Waals surface area contributed by atoms with E-state index in [2.05, 4.69) is 31.1 Å². The maximum absolute atomic E-state index is 12.0. The summed E-state index contributed by atoms with van der Waals surface area (Å²) in [7, 11) is -1.38. The fraction of sp³-hybridized carbons (Fsp3) is 0.500. The first kappa shape index (κ1) is 12.3. The topological polar surface area (TPSA) is 26.3 Å². The minimum absolute atomic E-state index is 0.0265. The molecule has 2 unspecified atom stereocenters. The predicted octanol–water partition coefficient (Wildman–Crippen LogP) is 2.48. The molecule has 17 heavy (non-hydrogen) atoms. The zero-order chi connectivity index (χ0) is 12.7. The Hall–Kier alpha value is -1.11. The lowest BCUT2D eigenvalue weighted by atomic mass is 9.93. The third kappa shape index (κ3) is 2.43. The van der Waals surface area contributed by atoms with Gasteiger partial charge in [-0.05, 0) is 24.6 Å². The third-order valence-electron chi connectivity index (χ3n) is 2.92. The molecule has 2 aliphatic heterocycles. The van der Waals surface area contributed by atoms with Gasteiger partial charge in [0.05, 0.1) is 6.10 Å². The number of ketones is 1. The Balaban J connectivity index is 2.19. The second-order valence-corrected chi connectivity index (χ2v) is 10.5. The molecule has 0 aliphatic carbocycles. The average molecular weight is 246 g/mol. The number of fused-ring (bicyclic) bond motifs is 2.